The molecule has 5 nitrogen and oxygen atoms in total. The summed E-state index contributed by atoms with van der Waals surface area (Å²) in [6, 6.07) is 16.6. The van der Waals surface area contributed by atoms with Gasteiger partial charge in [-0.3, -0.25) is 14.7 Å². The highest BCUT2D eigenvalue weighted by Gasteiger charge is 2.39. The molecule has 27 heavy (non-hydrogen) atoms. The van der Waals surface area contributed by atoms with Crippen LogP contribution in [-0.4, -0.2) is 18.0 Å². The lowest BCUT2D eigenvalue weighted by Crippen LogP contribution is -2.32. The van der Waals surface area contributed by atoms with Gasteiger partial charge in [0.2, 0.25) is 0 Å². The van der Waals surface area contributed by atoms with Crippen molar-refractivity contribution < 1.29 is 9.53 Å². The van der Waals surface area contributed by atoms with E-state index in [1.165, 1.54) is 0 Å². The summed E-state index contributed by atoms with van der Waals surface area (Å²) in [5, 5.41) is 4.13. The second kappa shape index (κ2) is 6.93. The Hall–Kier alpha value is -3.05. The van der Waals surface area contributed by atoms with E-state index in [-0.39, 0.29) is 5.91 Å². The Morgan fingerprint density at radius 2 is 1.93 bits per heavy atom. The van der Waals surface area contributed by atoms with Gasteiger partial charge in [-0.15, -0.1) is 0 Å². The Morgan fingerprint density at radius 3 is 2.63 bits per heavy atom. The average Bonchev–Trinajstić information content (AvgIpc) is 2.96. The van der Waals surface area contributed by atoms with Gasteiger partial charge < -0.3 is 10.1 Å². The van der Waals surface area contributed by atoms with Crippen LogP contribution in [0.3, 0.4) is 0 Å². The SMILES string of the molecule is COc1ccc(N2C(=O)c3cccnc3[C@H]2Nc2ccc(Cl)cc2C)cc1. The van der Waals surface area contributed by atoms with Crippen LogP contribution < -0.4 is 15.0 Å². The molecule has 1 aromatic heterocycles. The fraction of sp³-hybridized carbons (Fsp3) is 0.143. The normalized spacial score (nSPS) is 15.6. The van der Waals surface area contributed by atoms with Crippen molar-refractivity contribution in [3.63, 3.8) is 0 Å². The number of halogens is 1. The van der Waals surface area contributed by atoms with Gasteiger partial charge in [-0.2, -0.15) is 0 Å². The maximum Gasteiger partial charge on any atom is 0.262 e. The van der Waals surface area contributed by atoms with E-state index in [1.54, 1.807) is 30.3 Å². The quantitative estimate of drug-likeness (QED) is 0.705. The summed E-state index contributed by atoms with van der Waals surface area (Å²) in [6.45, 7) is 1.97. The van der Waals surface area contributed by atoms with Crippen molar-refractivity contribution in [3.8, 4) is 5.75 Å². The molecular weight excluding hydrogens is 362 g/mol. The molecule has 0 aliphatic carbocycles. The summed E-state index contributed by atoms with van der Waals surface area (Å²) in [6.07, 6.45) is 1.29. The van der Waals surface area contributed by atoms with Crippen LogP contribution >= 0.6 is 11.6 Å². The monoisotopic (exact) mass is 379 g/mol. The van der Waals surface area contributed by atoms with Gasteiger partial charge >= 0.3 is 0 Å². The van der Waals surface area contributed by atoms with Gasteiger partial charge in [-0.05, 0) is 67.1 Å². The van der Waals surface area contributed by atoms with Crippen molar-refractivity contribution in [1.29, 1.82) is 0 Å². The van der Waals surface area contributed by atoms with Crippen molar-refractivity contribution in [2.45, 2.75) is 13.1 Å². The van der Waals surface area contributed by atoms with E-state index in [4.69, 9.17) is 16.3 Å². The van der Waals surface area contributed by atoms with E-state index in [0.29, 0.717) is 16.3 Å². The summed E-state index contributed by atoms with van der Waals surface area (Å²) in [5.41, 5.74) is 3.95. The van der Waals surface area contributed by atoms with Crippen LogP contribution in [0.1, 0.15) is 27.8 Å². The molecule has 1 aliphatic heterocycles. The van der Waals surface area contributed by atoms with Gasteiger partial charge in [0.05, 0.1) is 18.4 Å². The standard InChI is InChI=1S/C21H18ClN3O2/c1-13-12-14(22)5-10-18(13)24-20-19-17(4-3-11-23-19)21(26)25(20)15-6-8-16(27-2)9-7-15/h3-12,20,24H,1-2H3/t20-/m0/s1. The Bertz CT molecular complexity index is 1000. The first kappa shape index (κ1) is 17.4. The average molecular weight is 380 g/mol. The third-order valence-electron chi connectivity index (χ3n) is 4.64. The lowest BCUT2D eigenvalue weighted by atomic mass is 10.1. The van der Waals surface area contributed by atoms with Gasteiger partial charge in [0.1, 0.15) is 5.75 Å². The number of carbonyl (C=O) groups excluding carboxylic acids is 1. The summed E-state index contributed by atoms with van der Waals surface area (Å²) >= 11 is 6.07. The third-order valence-corrected chi connectivity index (χ3v) is 4.87. The lowest BCUT2D eigenvalue weighted by Gasteiger charge is -2.27. The van der Waals surface area contributed by atoms with E-state index in [1.807, 2.05) is 49.4 Å². The minimum Gasteiger partial charge on any atom is -0.497 e. The number of nitrogens with one attached hydrogen (secondary N) is 1. The zero-order valence-corrected chi connectivity index (χ0v) is 15.7. The highest BCUT2D eigenvalue weighted by atomic mass is 35.5. The predicted octanol–water partition coefficient (Wildman–Crippen LogP) is 4.82. The highest BCUT2D eigenvalue weighted by Crippen LogP contribution is 2.38. The van der Waals surface area contributed by atoms with Gasteiger partial charge in [0, 0.05) is 22.6 Å². The van der Waals surface area contributed by atoms with E-state index >= 15 is 0 Å². The summed E-state index contributed by atoms with van der Waals surface area (Å²) in [7, 11) is 1.61. The van der Waals surface area contributed by atoms with Crippen molar-refractivity contribution in [3.05, 3.63) is 82.6 Å². The molecule has 6 heteroatoms. The van der Waals surface area contributed by atoms with Crippen LogP contribution in [0, 0.1) is 6.92 Å². The smallest absolute Gasteiger partial charge is 0.262 e. The number of nitrogens with zero attached hydrogens (tertiary/aromatic N) is 2. The van der Waals surface area contributed by atoms with E-state index in [9.17, 15) is 4.79 Å². The minimum absolute atomic E-state index is 0.0904. The molecule has 1 amide bonds. The minimum atomic E-state index is -0.415. The Balaban J connectivity index is 1.77. The molecule has 0 saturated carbocycles. The summed E-state index contributed by atoms with van der Waals surface area (Å²) in [5.74, 6) is 0.645. The molecule has 0 spiro atoms. The second-order valence-corrected chi connectivity index (χ2v) is 6.75. The number of benzene rings is 2. The molecule has 0 radical (unpaired) electrons. The van der Waals surface area contributed by atoms with Gasteiger partial charge in [0.25, 0.3) is 5.91 Å². The number of aryl methyl sites for hydroxylation is 1. The molecule has 0 unspecified atom stereocenters. The first-order valence-electron chi connectivity index (χ1n) is 8.53. The first-order chi connectivity index (χ1) is 13.1. The Morgan fingerprint density at radius 1 is 1.15 bits per heavy atom. The Kier molecular flexibility index (Phi) is 4.46. The topological polar surface area (TPSA) is 54.5 Å². The van der Waals surface area contributed by atoms with Crippen molar-refractivity contribution in [2.24, 2.45) is 0 Å². The molecule has 1 aliphatic rings. The number of fused-ring (bicyclic) bond motifs is 1. The van der Waals surface area contributed by atoms with Gasteiger partial charge in [-0.25, -0.2) is 0 Å². The summed E-state index contributed by atoms with van der Waals surface area (Å²) < 4.78 is 5.23. The predicted molar refractivity (Wildman–Crippen MR) is 107 cm³/mol. The van der Waals surface area contributed by atoms with Crippen molar-refractivity contribution in [2.75, 3.05) is 17.3 Å². The number of aromatic nitrogens is 1. The van der Waals surface area contributed by atoms with Crippen LogP contribution in [0.25, 0.3) is 0 Å². The van der Waals surface area contributed by atoms with E-state index in [0.717, 1.165) is 22.7 Å². The molecule has 3 aromatic rings. The lowest BCUT2D eigenvalue weighted by molar-refractivity contribution is 0.0993. The maximum absolute atomic E-state index is 13.1. The number of amides is 1. The Labute approximate surface area is 162 Å². The van der Waals surface area contributed by atoms with Crippen LogP contribution in [-0.2, 0) is 0 Å². The number of anilines is 2. The molecule has 2 heterocycles. The number of rotatable bonds is 4. The van der Waals surface area contributed by atoms with Crippen LogP contribution in [0.4, 0.5) is 11.4 Å². The zero-order valence-electron chi connectivity index (χ0n) is 14.9. The number of hydrogen-bond donors (Lipinski definition) is 1. The largest absolute Gasteiger partial charge is 0.497 e. The highest BCUT2D eigenvalue weighted by molar-refractivity contribution is 6.30. The number of carbonyl (C=O) groups is 1. The van der Waals surface area contributed by atoms with Crippen molar-refractivity contribution >= 4 is 28.9 Å². The second-order valence-electron chi connectivity index (χ2n) is 6.32. The molecular formula is C21H18ClN3O2. The molecule has 1 atom stereocenters. The van der Waals surface area contributed by atoms with Gasteiger partial charge in [0.15, 0.2) is 6.17 Å². The number of hydrogen-bond acceptors (Lipinski definition) is 4. The summed E-state index contributed by atoms with van der Waals surface area (Å²) in [4.78, 5) is 19.3. The number of ether oxygens (including phenoxy) is 1. The van der Waals surface area contributed by atoms with Crippen LogP contribution in [0.15, 0.2) is 60.8 Å². The molecule has 2 aromatic carbocycles. The third kappa shape index (κ3) is 3.11. The number of methoxy groups -OCH3 is 1. The zero-order chi connectivity index (χ0) is 19.0. The molecule has 0 bridgehead atoms. The van der Waals surface area contributed by atoms with Crippen molar-refractivity contribution in [1.82, 2.24) is 4.98 Å². The fourth-order valence-corrected chi connectivity index (χ4v) is 3.49. The fourth-order valence-electron chi connectivity index (χ4n) is 3.26. The molecule has 4 rings (SSSR count). The van der Waals surface area contributed by atoms with Gasteiger partial charge in [-0.1, -0.05) is 11.6 Å². The molecule has 136 valence electrons. The molecule has 0 fully saturated rings. The first-order valence-corrected chi connectivity index (χ1v) is 8.91. The number of pyridine rings is 1. The molecule has 1 N–H and O–H groups in total. The van der Waals surface area contributed by atoms with E-state index < -0.39 is 6.17 Å². The van der Waals surface area contributed by atoms with Crippen LogP contribution in [0.5, 0.6) is 5.75 Å². The molecule has 0 saturated heterocycles. The van der Waals surface area contributed by atoms with E-state index in [2.05, 4.69) is 10.3 Å². The maximum atomic E-state index is 13.1. The van der Waals surface area contributed by atoms with Crippen LogP contribution in [0.2, 0.25) is 5.02 Å².